The summed E-state index contributed by atoms with van der Waals surface area (Å²) in [5.74, 6) is 0.224. The monoisotopic (exact) mass is 298 g/mol. The molecule has 0 aliphatic rings. The molecule has 0 radical (unpaired) electrons. The van der Waals surface area contributed by atoms with Crippen molar-refractivity contribution in [1.29, 1.82) is 0 Å². The summed E-state index contributed by atoms with van der Waals surface area (Å²) < 4.78 is 5.22. The van der Waals surface area contributed by atoms with E-state index in [4.69, 9.17) is 4.42 Å². The van der Waals surface area contributed by atoms with Gasteiger partial charge in [-0.1, -0.05) is 30.3 Å². The summed E-state index contributed by atoms with van der Waals surface area (Å²) in [6.45, 7) is 1.01. The maximum atomic E-state index is 12.5. The van der Waals surface area contributed by atoms with Crippen LogP contribution in [0.3, 0.4) is 0 Å². The van der Waals surface area contributed by atoms with Gasteiger partial charge in [-0.3, -0.25) is 4.79 Å². The molecule has 3 rings (SSSR count). The van der Waals surface area contributed by atoms with Gasteiger partial charge in [-0.2, -0.15) is 0 Å². The first-order valence-corrected chi connectivity index (χ1v) is 7.46. The van der Waals surface area contributed by atoms with E-state index < -0.39 is 0 Å². The molecule has 0 atom stereocenters. The van der Waals surface area contributed by atoms with Crippen LogP contribution in [0.25, 0.3) is 0 Å². The second kappa shape index (κ2) is 6.37. The molecule has 0 unspecified atom stereocenters. The Bertz CT molecular complexity index is 678. The van der Waals surface area contributed by atoms with Gasteiger partial charge in [0.2, 0.25) is 0 Å². The number of carbonyl (C=O) groups excluding carboxylic acids is 1. The molecular formula is C16H14N2O2S. The predicted octanol–water partition coefficient (Wildman–Crippen LogP) is 3.58. The molecular weight excluding hydrogens is 284 g/mol. The van der Waals surface area contributed by atoms with Crippen LogP contribution < -0.4 is 0 Å². The third kappa shape index (κ3) is 3.38. The highest BCUT2D eigenvalue weighted by atomic mass is 32.1. The van der Waals surface area contributed by atoms with E-state index in [1.54, 1.807) is 34.6 Å². The quantitative estimate of drug-likeness (QED) is 0.723. The number of aromatic nitrogens is 1. The molecule has 1 amide bonds. The van der Waals surface area contributed by atoms with E-state index in [0.717, 1.165) is 10.6 Å². The Morgan fingerprint density at radius 3 is 2.67 bits per heavy atom. The molecule has 0 aliphatic carbocycles. The summed E-state index contributed by atoms with van der Waals surface area (Å²) >= 11 is 1.54. The lowest BCUT2D eigenvalue weighted by Crippen LogP contribution is -2.29. The SMILES string of the molecule is O=C(c1ccco1)N(Cc1ccccc1)Cc1nccs1. The number of benzene rings is 1. The van der Waals surface area contributed by atoms with Crippen LogP contribution in [0.15, 0.2) is 64.7 Å². The lowest BCUT2D eigenvalue weighted by Gasteiger charge is -2.20. The van der Waals surface area contributed by atoms with Crippen LogP contribution in [0.4, 0.5) is 0 Å². The summed E-state index contributed by atoms with van der Waals surface area (Å²) in [6, 6.07) is 13.3. The average molecular weight is 298 g/mol. The van der Waals surface area contributed by atoms with Gasteiger partial charge in [0.25, 0.3) is 5.91 Å². The molecule has 106 valence electrons. The molecule has 2 heterocycles. The summed E-state index contributed by atoms with van der Waals surface area (Å²) in [5, 5.41) is 2.82. The molecule has 0 spiro atoms. The number of thiazole rings is 1. The fraction of sp³-hybridized carbons (Fsp3) is 0.125. The Labute approximate surface area is 126 Å². The van der Waals surface area contributed by atoms with Crippen LogP contribution in [0.5, 0.6) is 0 Å². The first kappa shape index (κ1) is 13.6. The van der Waals surface area contributed by atoms with E-state index in [0.29, 0.717) is 18.8 Å². The van der Waals surface area contributed by atoms with E-state index in [1.165, 1.54) is 6.26 Å². The van der Waals surface area contributed by atoms with Crippen molar-refractivity contribution in [2.75, 3.05) is 0 Å². The van der Waals surface area contributed by atoms with Crippen LogP contribution in [-0.4, -0.2) is 15.8 Å². The van der Waals surface area contributed by atoms with Gasteiger partial charge in [-0.25, -0.2) is 4.98 Å². The minimum Gasteiger partial charge on any atom is -0.459 e. The lowest BCUT2D eigenvalue weighted by atomic mass is 10.2. The Morgan fingerprint density at radius 1 is 1.14 bits per heavy atom. The summed E-state index contributed by atoms with van der Waals surface area (Å²) in [4.78, 5) is 18.5. The Morgan fingerprint density at radius 2 is 2.00 bits per heavy atom. The third-order valence-corrected chi connectivity index (χ3v) is 3.81. The van der Waals surface area contributed by atoms with Crippen molar-refractivity contribution in [3.63, 3.8) is 0 Å². The van der Waals surface area contributed by atoms with Crippen LogP contribution in [0.2, 0.25) is 0 Å². The second-order valence-corrected chi connectivity index (χ2v) is 5.53. The fourth-order valence-corrected chi connectivity index (χ4v) is 2.68. The highest BCUT2D eigenvalue weighted by Gasteiger charge is 2.19. The molecule has 0 N–H and O–H groups in total. The van der Waals surface area contributed by atoms with Gasteiger partial charge in [0.1, 0.15) is 5.01 Å². The number of nitrogens with zero attached hydrogens (tertiary/aromatic N) is 2. The normalized spacial score (nSPS) is 10.5. The van der Waals surface area contributed by atoms with Gasteiger partial charge >= 0.3 is 0 Å². The predicted molar refractivity (Wildman–Crippen MR) is 80.8 cm³/mol. The third-order valence-electron chi connectivity index (χ3n) is 3.05. The standard InChI is InChI=1S/C16H14N2O2S/c19-16(14-7-4-9-20-14)18(12-15-17-8-10-21-15)11-13-5-2-1-3-6-13/h1-10H,11-12H2. The summed E-state index contributed by atoms with van der Waals surface area (Å²) in [7, 11) is 0. The Kier molecular flexibility index (Phi) is 4.12. The highest BCUT2D eigenvalue weighted by molar-refractivity contribution is 7.09. The van der Waals surface area contributed by atoms with E-state index >= 15 is 0 Å². The molecule has 0 aliphatic heterocycles. The second-order valence-electron chi connectivity index (χ2n) is 4.55. The van der Waals surface area contributed by atoms with Gasteiger partial charge in [0.15, 0.2) is 5.76 Å². The number of furan rings is 1. The van der Waals surface area contributed by atoms with Crippen LogP contribution in [-0.2, 0) is 13.1 Å². The molecule has 21 heavy (non-hydrogen) atoms. The topological polar surface area (TPSA) is 46.3 Å². The molecule has 2 aromatic heterocycles. The van der Waals surface area contributed by atoms with E-state index in [-0.39, 0.29) is 5.91 Å². The van der Waals surface area contributed by atoms with Crippen LogP contribution >= 0.6 is 11.3 Å². The number of hydrogen-bond donors (Lipinski definition) is 0. The van der Waals surface area contributed by atoms with Crippen molar-refractivity contribution < 1.29 is 9.21 Å². The van der Waals surface area contributed by atoms with Gasteiger partial charge in [0.05, 0.1) is 12.8 Å². The van der Waals surface area contributed by atoms with Gasteiger partial charge in [-0.15, -0.1) is 11.3 Å². The number of rotatable bonds is 5. The van der Waals surface area contributed by atoms with Crippen LogP contribution in [0, 0.1) is 0 Å². The zero-order chi connectivity index (χ0) is 14.5. The summed E-state index contributed by atoms with van der Waals surface area (Å²) in [5.41, 5.74) is 1.08. The minimum atomic E-state index is -0.126. The molecule has 5 heteroatoms. The molecule has 1 aromatic carbocycles. The van der Waals surface area contributed by atoms with Gasteiger partial charge in [-0.05, 0) is 17.7 Å². The van der Waals surface area contributed by atoms with E-state index in [9.17, 15) is 4.79 Å². The zero-order valence-corrected chi connectivity index (χ0v) is 12.1. The maximum absolute atomic E-state index is 12.5. The Balaban J connectivity index is 1.82. The molecule has 0 saturated heterocycles. The van der Waals surface area contributed by atoms with Crippen molar-refractivity contribution in [2.24, 2.45) is 0 Å². The maximum Gasteiger partial charge on any atom is 0.290 e. The van der Waals surface area contributed by atoms with E-state index in [2.05, 4.69) is 4.98 Å². The zero-order valence-electron chi connectivity index (χ0n) is 11.3. The Hall–Kier alpha value is -2.40. The van der Waals surface area contributed by atoms with Crippen molar-refractivity contribution in [2.45, 2.75) is 13.1 Å². The average Bonchev–Trinajstić information content (AvgIpc) is 3.20. The van der Waals surface area contributed by atoms with Gasteiger partial charge < -0.3 is 9.32 Å². The molecule has 0 saturated carbocycles. The van der Waals surface area contributed by atoms with Crippen molar-refractivity contribution in [3.8, 4) is 0 Å². The fourth-order valence-electron chi connectivity index (χ4n) is 2.05. The molecule has 3 aromatic rings. The van der Waals surface area contributed by atoms with Crippen LogP contribution in [0.1, 0.15) is 21.1 Å². The van der Waals surface area contributed by atoms with E-state index in [1.807, 2.05) is 35.7 Å². The first-order chi connectivity index (χ1) is 10.3. The molecule has 0 bridgehead atoms. The first-order valence-electron chi connectivity index (χ1n) is 6.58. The van der Waals surface area contributed by atoms with Crippen molar-refractivity contribution >= 4 is 17.2 Å². The largest absolute Gasteiger partial charge is 0.459 e. The number of carbonyl (C=O) groups is 1. The van der Waals surface area contributed by atoms with Crippen molar-refractivity contribution in [1.82, 2.24) is 9.88 Å². The molecule has 0 fully saturated rings. The number of amides is 1. The highest BCUT2D eigenvalue weighted by Crippen LogP contribution is 2.15. The minimum absolute atomic E-state index is 0.126. The lowest BCUT2D eigenvalue weighted by molar-refractivity contribution is 0.0697. The summed E-state index contributed by atoms with van der Waals surface area (Å²) in [6.07, 6.45) is 3.26. The molecule has 4 nitrogen and oxygen atoms in total. The smallest absolute Gasteiger partial charge is 0.290 e. The van der Waals surface area contributed by atoms with Gasteiger partial charge in [0, 0.05) is 18.1 Å². The van der Waals surface area contributed by atoms with Crippen molar-refractivity contribution in [3.05, 3.63) is 76.6 Å². The number of hydrogen-bond acceptors (Lipinski definition) is 4.